The molecule has 2 heterocycles. The maximum absolute atomic E-state index is 6.41. The van der Waals surface area contributed by atoms with Gasteiger partial charge in [0.05, 0.1) is 0 Å². The van der Waals surface area contributed by atoms with E-state index in [0.717, 1.165) is 51.1 Å². The first-order valence-electron chi connectivity index (χ1n) is 6.02. The van der Waals surface area contributed by atoms with Crippen molar-refractivity contribution in [2.75, 3.05) is 13.2 Å². The lowest BCUT2D eigenvalue weighted by atomic mass is 9.87. The SMILES string of the molecule is Cn1ccnc1CCC1(N)CCCOCC1. The molecule has 0 bridgehead atoms. The molecule has 0 saturated carbocycles. The Kier molecular flexibility index (Phi) is 3.61. The Morgan fingerprint density at radius 3 is 3.12 bits per heavy atom. The van der Waals surface area contributed by atoms with Gasteiger partial charge < -0.3 is 15.0 Å². The predicted octanol–water partition coefficient (Wildman–Crippen LogP) is 1.25. The van der Waals surface area contributed by atoms with E-state index in [9.17, 15) is 0 Å². The van der Waals surface area contributed by atoms with Crippen LogP contribution in [0.15, 0.2) is 12.4 Å². The van der Waals surface area contributed by atoms with Crippen molar-refractivity contribution in [1.82, 2.24) is 9.55 Å². The summed E-state index contributed by atoms with van der Waals surface area (Å²) in [5, 5.41) is 0. The summed E-state index contributed by atoms with van der Waals surface area (Å²) in [5.74, 6) is 1.12. The van der Waals surface area contributed by atoms with E-state index in [1.807, 2.05) is 19.4 Å². The fourth-order valence-corrected chi connectivity index (χ4v) is 2.28. The summed E-state index contributed by atoms with van der Waals surface area (Å²) in [5.41, 5.74) is 6.36. The second-order valence-corrected chi connectivity index (χ2v) is 4.78. The first-order chi connectivity index (χ1) is 7.70. The van der Waals surface area contributed by atoms with Gasteiger partial charge in [0.2, 0.25) is 0 Å². The maximum Gasteiger partial charge on any atom is 0.108 e. The van der Waals surface area contributed by atoms with E-state index in [1.165, 1.54) is 0 Å². The van der Waals surface area contributed by atoms with E-state index in [4.69, 9.17) is 10.5 Å². The Morgan fingerprint density at radius 1 is 1.50 bits per heavy atom. The van der Waals surface area contributed by atoms with Crippen LogP contribution in [-0.4, -0.2) is 28.3 Å². The zero-order valence-corrected chi connectivity index (χ0v) is 9.98. The molecule has 90 valence electrons. The molecule has 1 aromatic rings. The van der Waals surface area contributed by atoms with Crippen molar-refractivity contribution in [2.45, 2.75) is 37.6 Å². The smallest absolute Gasteiger partial charge is 0.108 e. The van der Waals surface area contributed by atoms with Crippen LogP contribution in [0, 0.1) is 0 Å². The minimum atomic E-state index is -0.0531. The topological polar surface area (TPSA) is 53.1 Å². The third kappa shape index (κ3) is 2.83. The average molecular weight is 223 g/mol. The van der Waals surface area contributed by atoms with Crippen molar-refractivity contribution in [2.24, 2.45) is 12.8 Å². The summed E-state index contributed by atoms with van der Waals surface area (Å²) in [6.45, 7) is 1.67. The first-order valence-corrected chi connectivity index (χ1v) is 6.02. The van der Waals surface area contributed by atoms with Gasteiger partial charge >= 0.3 is 0 Å². The van der Waals surface area contributed by atoms with Crippen LogP contribution in [0.4, 0.5) is 0 Å². The van der Waals surface area contributed by atoms with Gasteiger partial charge in [-0.05, 0) is 25.7 Å². The van der Waals surface area contributed by atoms with Gasteiger partial charge in [0.1, 0.15) is 5.82 Å². The van der Waals surface area contributed by atoms with Gasteiger partial charge in [0.15, 0.2) is 0 Å². The van der Waals surface area contributed by atoms with Crippen LogP contribution < -0.4 is 5.73 Å². The van der Waals surface area contributed by atoms with Crippen LogP contribution in [0.3, 0.4) is 0 Å². The Morgan fingerprint density at radius 2 is 2.38 bits per heavy atom. The largest absolute Gasteiger partial charge is 0.381 e. The van der Waals surface area contributed by atoms with E-state index in [0.29, 0.717) is 0 Å². The summed E-state index contributed by atoms with van der Waals surface area (Å²) >= 11 is 0. The fraction of sp³-hybridized carbons (Fsp3) is 0.750. The molecule has 1 aliphatic heterocycles. The lowest BCUT2D eigenvalue weighted by Gasteiger charge is -2.27. The molecule has 1 aliphatic rings. The molecule has 1 fully saturated rings. The highest BCUT2D eigenvalue weighted by Crippen LogP contribution is 2.23. The molecule has 0 spiro atoms. The van der Waals surface area contributed by atoms with Gasteiger partial charge in [-0.15, -0.1) is 0 Å². The molecule has 0 amide bonds. The molecule has 0 aliphatic carbocycles. The van der Waals surface area contributed by atoms with Crippen molar-refractivity contribution >= 4 is 0 Å². The molecule has 0 aromatic carbocycles. The summed E-state index contributed by atoms with van der Waals surface area (Å²) in [6.07, 6.45) is 8.90. The predicted molar refractivity (Wildman–Crippen MR) is 63.1 cm³/mol. The zero-order valence-electron chi connectivity index (χ0n) is 9.98. The number of nitrogens with zero attached hydrogens (tertiary/aromatic N) is 2. The van der Waals surface area contributed by atoms with E-state index in [2.05, 4.69) is 9.55 Å². The number of hydrogen-bond donors (Lipinski definition) is 1. The van der Waals surface area contributed by atoms with E-state index < -0.39 is 0 Å². The standard InChI is InChI=1S/C12H21N3O/c1-15-8-7-14-11(15)3-5-12(13)4-2-9-16-10-6-12/h7-8H,2-6,9-10,13H2,1H3. The van der Waals surface area contributed by atoms with Crippen LogP contribution in [0.25, 0.3) is 0 Å². The molecule has 4 heteroatoms. The van der Waals surface area contributed by atoms with Crippen LogP contribution in [-0.2, 0) is 18.2 Å². The highest BCUT2D eigenvalue weighted by atomic mass is 16.5. The van der Waals surface area contributed by atoms with Crippen molar-refractivity contribution in [3.8, 4) is 0 Å². The minimum absolute atomic E-state index is 0.0531. The Balaban J connectivity index is 1.90. The van der Waals surface area contributed by atoms with Crippen LogP contribution >= 0.6 is 0 Å². The van der Waals surface area contributed by atoms with E-state index in [-0.39, 0.29) is 5.54 Å². The number of ether oxygens (including phenoxy) is 1. The van der Waals surface area contributed by atoms with E-state index in [1.54, 1.807) is 0 Å². The second-order valence-electron chi connectivity index (χ2n) is 4.78. The molecule has 1 saturated heterocycles. The third-order valence-corrected chi connectivity index (χ3v) is 3.48. The minimum Gasteiger partial charge on any atom is -0.381 e. The lowest BCUT2D eigenvalue weighted by molar-refractivity contribution is 0.139. The Hall–Kier alpha value is -0.870. The number of aryl methyl sites for hydroxylation is 2. The number of rotatable bonds is 3. The Bertz CT molecular complexity index is 327. The van der Waals surface area contributed by atoms with Crippen LogP contribution in [0.2, 0.25) is 0 Å². The molecule has 1 aromatic heterocycles. The summed E-state index contributed by atoms with van der Waals surface area (Å²) in [4.78, 5) is 4.33. The van der Waals surface area contributed by atoms with Gasteiger partial charge in [-0.1, -0.05) is 0 Å². The molecule has 16 heavy (non-hydrogen) atoms. The molecule has 4 nitrogen and oxygen atoms in total. The van der Waals surface area contributed by atoms with Gasteiger partial charge in [0.25, 0.3) is 0 Å². The van der Waals surface area contributed by atoms with Gasteiger partial charge in [-0.25, -0.2) is 4.98 Å². The molecule has 1 atom stereocenters. The monoisotopic (exact) mass is 223 g/mol. The highest BCUT2D eigenvalue weighted by Gasteiger charge is 2.26. The first kappa shape index (κ1) is 11.6. The maximum atomic E-state index is 6.41. The second kappa shape index (κ2) is 4.97. The normalized spacial score (nSPS) is 26.6. The third-order valence-electron chi connectivity index (χ3n) is 3.48. The lowest BCUT2D eigenvalue weighted by Crippen LogP contribution is -2.40. The molecular formula is C12H21N3O. The van der Waals surface area contributed by atoms with Crippen molar-refractivity contribution < 1.29 is 4.74 Å². The van der Waals surface area contributed by atoms with Crippen molar-refractivity contribution in [3.05, 3.63) is 18.2 Å². The highest BCUT2D eigenvalue weighted by molar-refractivity contribution is 4.95. The fourth-order valence-electron chi connectivity index (χ4n) is 2.28. The van der Waals surface area contributed by atoms with Gasteiger partial charge in [-0.2, -0.15) is 0 Å². The van der Waals surface area contributed by atoms with Crippen LogP contribution in [0.5, 0.6) is 0 Å². The summed E-state index contributed by atoms with van der Waals surface area (Å²) < 4.78 is 7.52. The van der Waals surface area contributed by atoms with Crippen molar-refractivity contribution in [3.63, 3.8) is 0 Å². The number of hydrogen-bond acceptors (Lipinski definition) is 3. The zero-order chi connectivity index (χ0) is 11.4. The van der Waals surface area contributed by atoms with Gasteiger partial charge in [-0.3, -0.25) is 0 Å². The Labute approximate surface area is 96.8 Å². The number of imidazole rings is 1. The molecule has 0 radical (unpaired) electrons. The summed E-state index contributed by atoms with van der Waals surface area (Å²) in [7, 11) is 2.03. The summed E-state index contributed by atoms with van der Waals surface area (Å²) in [6, 6.07) is 0. The van der Waals surface area contributed by atoms with Crippen molar-refractivity contribution in [1.29, 1.82) is 0 Å². The van der Waals surface area contributed by atoms with Crippen LogP contribution in [0.1, 0.15) is 31.5 Å². The molecule has 2 N–H and O–H groups in total. The molecule has 1 unspecified atom stereocenters. The molecule has 2 rings (SSSR count). The quantitative estimate of drug-likeness (QED) is 0.839. The number of aromatic nitrogens is 2. The number of nitrogens with two attached hydrogens (primary N) is 1. The van der Waals surface area contributed by atoms with Gasteiger partial charge in [0, 0.05) is 44.6 Å². The van der Waals surface area contributed by atoms with E-state index >= 15 is 0 Å². The molecular weight excluding hydrogens is 202 g/mol. The average Bonchev–Trinajstić information content (AvgIpc) is 2.54.